The van der Waals surface area contributed by atoms with Crippen molar-refractivity contribution in [2.75, 3.05) is 7.11 Å². The van der Waals surface area contributed by atoms with Crippen molar-refractivity contribution in [3.8, 4) is 11.5 Å². The van der Waals surface area contributed by atoms with E-state index in [0.29, 0.717) is 29.3 Å². The molecule has 4 nitrogen and oxygen atoms in total. The first-order chi connectivity index (χ1) is 16.6. The summed E-state index contributed by atoms with van der Waals surface area (Å²) in [6.45, 7) is 6.14. The van der Waals surface area contributed by atoms with Crippen LogP contribution in [0.25, 0.3) is 27.8 Å². The molecular weight excluding hydrogens is 443 g/mol. The summed E-state index contributed by atoms with van der Waals surface area (Å²) < 4.78 is 24.9. The molecular formula is C29H25O4P. The molecule has 0 fully saturated rings. The van der Waals surface area contributed by atoms with E-state index in [2.05, 4.69) is 30.9 Å². The van der Waals surface area contributed by atoms with Crippen LogP contribution in [0.2, 0.25) is 0 Å². The van der Waals surface area contributed by atoms with Gasteiger partial charge < -0.3 is 17.7 Å². The van der Waals surface area contributed by atoms with Crippen LogP contribution in [-0.2, 0) is 6.42 Å². The molecule has 3 aromatic carbocycles. The van der Waals surface area contributed by atoms with Crippen LogP contribution in [0, 0.1) is 6.92 Å². The van der Waals surface area contributed by atoms with Gasteiger partial charge in [0.05, 0.1) is 7.11 Å². The highest BCUT2D eigenvalue weighted by atomic mass is 31.1. The molecule has 5 rings (SSSR count). The molecule has 1 atom stereocenters. The molecule has 0 saturated carbocycles. The number of hydrogen-bond donors (Lipinski definition) is 0. The van der Waals surface area contributed by atoms with Crippen LogP contribution in [0.5, 0.6) is 11.5 Å². The molecule has 0 amide bonds. The molecule has 5 heteroatoms. The standard InChI is InChI=1S/C29H25O4P/c1-20-10-5-4-6-14-24-25-18-21(2)19-28(30-3)29(25)33-34(32-27(24)17-16-20)31-26-15-9-12-22-11-7-8-13-23(22)26/h4-13,15-19H,1,14H2,2-3H3/b6-4-,10-5-,17-16?. The molecule has 0 spiro atoms. The van der Waals surface area contributed by atoms with Crippen LogP contribution in [-0.4, -0.2) is 7.11 Å². The second kappa shape index (κ2) is 9.54. The number of ether oxygens (including phenoxy) is 1. The number of fused-ring (bicyclic) bond motifs is 4. The molecule has 1 aliphatic carbocycles. The fraction of sp³-hybridized carbons (Fsp3) is 0.103. The van der Waals surface area contributed by atoms with Crippen LogP contribution in [0.4, 0.5) is 0 Å². The van der Waals surface area contributed by atoms with Crippen LogP contribution in [0.15, 0.2) is 106 Å². The van der Waals surface area contributed by atoms with Crippen molar-refractivity contribution in [3.63, 3.8) is 0 Å². The third-order valence-electron chi connectivity index (χ3n) is 5.63. The second-order valence-corrected chi connectivity index (χ2v) is 9.06. The number of rotatable bonds is 3. The van der Waals surface area contributed by atoms with Crippen molar-refractivity contribution in [2.45, 2.75) is 13.3 Å². The lowest BCUT2D eigenvalue weighted by atomic mass is 10.0. The maximum atomic E-state index is 6.43. The molecule has 0 saturated heterocycles. The van der Waals surface area contributed by atoms with Crippen LogP contribution >= 0.6 is 8.24 Å². The quantitative estimate of drug-likeness (QED) is 0.302. The van der Waals surface area contributed by atoms with E-state index in [0.717, 1.165) is 32.9 Å². The summed E-state index contributed by atoms with van der Waals surface area (Å²) in [4.78, 5) is 0. The van der Waals surface area contributed by atoms with Gasteiger partial charge in [0.1, 0.15) is 11.5 Å². The van der Waals surface area contributed by atoms with Crippen LogP contribution < -0.4 is 9.26 Å². The van der Waals surface area contributed by atoms with E-state index in [4.69, 9.17) is 17.7 Å². The van der Waals surface area contributed by atoms with Gasteiger partial charge in [0.25, 0.3) is 0 Å². The Labute approximate surface area is 199 Å². The third-order valence-corrected chi connectivity index (χ3v) is 6.65. The van der Waals surface area contributed by atoms with E-state index >= 15 is 0 Å². The number of benzene rings is 3. The van der Waals surface area contributed by atoms with Crippen LogP contribution in [0.1, 0.15) is 16.9 Å². The average Bonchev–Trinajstić information content (AvgIpc) is 2.99. The highest BCUT2D eigenvalue weighted by Crippen LogP contribution is 2.41. The van der Waals surface area contributed by atoms with Crippen molar-refractivity contribution in [1.29, 1.82) is 0 Å². The molecule has 0 N–H and O–H groups in total. The summed E-state index contributed by atoms with van der Waals surface area (Å²) in [6.07, 6.45) is 12.6. The summed E-state index contributed by atoms with van der Waals surface area (Å²) >= 11 is 0. The van der Waals surface area contributed by atoms with Gasteiger partial charge in [-0.25, -0.2) is 0 Å². The molecule has 4 aromatic rings. The third kappa shape index (κ3) is 4.46. The number of aryl methyl sites for hydroxylation is 1. The summed E-state index contributed by atoms with van der Waals surface area (Å²) in [5.41, 5.74) is 3.56. The minimum Gasteiger partial charge on any atom is -0.493 e. The van der Waals surface area contributed by atoms with E-state index in [1.165, 1.54) is 0 Å². The lowest BCUT2D eigenvalue weighted by Gasteiger charge is -2.07. The summed E-state index contributed by atoms with van der Waals surface area (Å²) in [5.74, 6) is 2.05. The Hall–Kier alpha value is -3.88. The van der Waals surface area contributed by atoms with Gasteiger partial charge in [0.2, 0.25) is 0 Å². The van der Waals surface area contributed by atoms with Crippen molar-refractivity contribution in [1.82, 2.24) is 0 Å². The Morgan fingerprint density at radius 2 is 1.74 bits per heavy atom. The molecule has 0 radical (unpaired) electrons. The first-order valence-electron chi connectivity index (χ1n) is 11.1. The first kappa shape index (κ1) is 21.9. The SMILES string of the molecule is C=C1C=Cc2op(Oc3cccc4ccccc34)oc3c(OC)cc(C)cc3c2C/C=C\C=C/1. The Kier molecular flexibility index (Phi) is 6.16. The zero-order chi connectivity index (χ0) is 23.5. The first-order valence-corrected chi connectivity index (χ1v) is 12.2. The van der Waals surface area contributed by atoms with Crippen molar-refractivity contribution in [2.24, 2.45) is 0 Å². The zero-order valence-corrected chi connectivity index (χ0v) is 20.0. The van der Waals surface area contributed by atoms with Gasteiger partial charge in [0, 0.05) is 16.3 Å². The minimum atomic E-state index is -1.82. The average molecular weight is 468 g/mol. The predicted octanol–water partition coefficient (Wildman–Crippen LogP) is 8.69. The van der Waals surface area contributed by atoms with Crippen molar-refractivity contribution in [3.05, 3.63) is 114 Å². The van der Waals surface area contributed by atoms with E-state index in [1.54, 1.807) is 7.11 Å². The Morgan fingerprint density at radius 3 is 2.62 bits per heavy atom. The van der Waals surface area contributed by atoms with E-state index in [1.807, 2.05) is 73.7 Å². The van der Waals surface area contributed by atoms with Crippen molar-refractivity contribution < 1.29 is 17.7 Å². The lowest BCUT2D eigenvalue weighted by Crippen LogP contribution is -1.91. The van der Waals surface area contributed by atoms with E-state index in [9.17, 15) is 0 Å². The number of allylic oxidation sites excluding steroid dienone is 6. The van der Waals surface area contributed by atoms with Gasteiger partial charge in [-0.3, -0.25) is 0 Å². The minimum absolute atomic E-state index is 0.623. The van der Waals surface area contributed by atoms with Gasteiger partial charge in [0.15, 0.2) is 11.3 Å². The largest absolute Gasteiger partial charge is 0.493 e. The molecule has 1 heterocycles. The highest BCUT2D eigenvalue weighted by molar-refractivity contribution is 7.32. The topological polar surface area (TPSA) is 44.7 Å². The fourth-order valence-electron chi connectivity index (χ4n) is 3.99. The normalized spacial score (nSPS) is 15.6. The smallest absolute Gasteiger partial charge is 0.453 e. The fourth-order valence-corrected chi connectivity index (χ4v) is 5.09. The Balaban J connectivity index is 1.79. The summed E-state index contributed by atoms with van der Waals surface area (Å²) in [5, 5.41) is 3.02. The number of methoxy groups -OCH3 is 1. The van der Waals surface area contributed by atoms with Gasteiger partial charge in [-0.1, -0.05) is 73.4 Å². The maximum Gasteiger partial charge on any atom is 0.453 e. The number of hydrogen-bond acceptors (Lipinski definition) is 4. The lowest BCUT2D eigenvalue weighted by molar-refractivity contribution is 0.409. The molecule has 1 aromatic heterocycles. The highest BCUT2D eigenvalue weighted by Gasteiger charge is 2.17. The summed E-state index contributed by atoms with van der Waals surface area (Å²) in [7, 11) is -0.173. The molecule has 0 aliphatic heterocycles. The van der Waals surface area contributed by atoms with Crippen LogP contribution in [0.3, 0.4) is 0 Å². The predicted molar refractivity (Wildman–Crippen MR) is 140 cm³/mol. The zero-order valence-electron chi connectivity index (χ0n) is 19.2. The van der Waals surface area contributed by atoms with Crippen molar-refractivity contribution >= 4 is 36.1 Å². The molecule has 0 bridgehead atoms. The van der Waals surface area contributed by atoms with Gasteiger partial charge in [-0.15, -0.1) is 0 Å². The molecule has 34 heavy (non-hydrogen) atoms. The monoisotopic (exact) mass is 468 g/mol. The van der Waals surface area contributed by atoms with E-state index in [-0.39, 0.29) is 0 Å². The van der Waals surface area contributed by atoms with Gasteiger partial charge >= 0.3 is 8.24 Å². The Bertz CT molecular complexity index is 1520. The summed E-state index contributed by atoms with van der Waals surface area (Å²) in [6, 6.07) is 18.1. The van der Waals surface area contributed by atoms with E-state index < -0.39 is 8.24 Å². The molecule has 170 valence electrons. The maximum absolute atomic E-state index is 6.43. The van der Waals surface area contributed by atoms with Gasteiger partial charge in [-0.05, 0) is 54.1 Å². The molecule has 1 unspecified atom stereocenters. The Morgan fingerprint density at radius 1 is 0.882 bits per heavy atom. The second-order valence-electron chi connectivity index (χ2n) is 8.06. The molecule has 1 aliphatic rings. The van der Waals surface area contributed by atoms with Gasteiger partial charge in [-0.2, -0.15) is 0 Å².